The predicted octanol–water partition coefficient (Wildman–Crippen LogP) is 6.18. The first-order chi connectivity index (χ1) is 11.0. The molecule has 0 unspecified atom stereocenters. The van der Waals surface area contributed by atoms with E-state index in [1.54, 1.807) is 24.5 Å². The summed E-state index contributed by atoms with van der Waals surface area (Å²) in [5.74, 6) is 0.827. The number of aryl methyl sites for hydroxylation is 1. The van der Waals surface area contributed by atoms with E-state index in [9.17, 15) is 0 Å². The van der Waals surface area contributed by atoms with Gasteiger partial charge in [0.15, 0.2) is 5.13 Å². The quantitative estimate of drug-likeness (QED) is 0.600. The van der Waals surface area contributed by atoms with Gasteiger partial charge < -0.3 is 10.1 Å². The molecule has 3 rings (SSSR count). The van der Waals surface area contributed by atoms with Crippen molar-refractivity contribution in [3.63, 3.8) is 0 Å². The number of thiazole rings is 1. The second-order valence-corrected chi connectivity index (χ2v) is 7.01. The van der Waals surface area contributed by atoms with Gasteiger partial charge in [0.2, 0.25) is 0 Å². The van der Waals surface area contributed by atoms with Crippen LogP contribution >= 0.6 is 34.5 Å². The van der Waals surface area contributed by atoms with Crippen LogP contribution in [0.1, 0.15) is 4.88 Å². The zero-order valence-corrected chi connectivity index (χ0v) is 14.9. The maximum absolute atomic E-state index is 6.02. The second kappa shape index (κ2) is 6.79. The third-order valence-corrected chi connectivity index (χ3v) is 4.60. The van der Waals surface area contributed by atoms with Crippen LogP contribution < -0.4 is 10.1 Å². The number of rotatable bonds is 4. The molecule has 0 aliphatic heterocycles. The number of halogens is 2. The molecule has 0 saturated carbocycles. The van der Waals surface area contributed by atoms with Gasteiger partial charge in [0.1, 0.15) is 5.75 Å². The van der Waals surface area contributed by atoms with Crippen LogP contribution in [-0.4, -0.2) is 12.1 Å². The van der Waals surface area contributed by atoms with Crippen molar-refractivity contribution in [3.8, 4) is 17.0 Å². The van der Waals surface area contributed by atoms with Crippen molar-refractivity contribution in [3.05, 3.63) is 57.4 Å². The summed E-state index contributed by atoms with van der Waals surface area (Å²) in [7, 11) is 1.65. The number of hydrogen-bond acceptors (Lipinski definition) is 4. The maximum Gasteiger partial charge on any atom is 0.187 e. The van der Waals surface area contributed by atoms with Crippen molar-refractivity contribution < 1.29 is 4.74 Å². The van der Waals surface area contributed by atoms with E-state index in [0.717, 1.165) is 32.7 Å². The smallest absolute Gasteiger partial charge is 0.187 e. The zero-order chi connectivity index (χ0) is 16.4. The molecule has 23 heavy (non-hydrogen) atoms. The van der Waals surface area contributed by atoms with E-state index in [2.05, 4.69) is 10.3 Å². The summed E-state index contributed by atoms with van der Waals surface area (Å²) in [6.07, 6.45) is 0. The summed E-state index contributed by atoms with van der Waals surface area (Å²) in [5.41, 5.74) is 2.82. The van der Waals surface area contributed by atoms with Crippen molar-refractivity contribution in [1.29, 1.82) is 0 Å². The Morgan fingerprint density at radius 2 is 1.70 bits per heavy atom. The fraction of sp³-hybridized carbons (Fsp3) is 0.118. The van der Waals surface area contributed by atoms with Gasteiger partial charge in [-0.1, -0.05) is 23.2 Å². The van der Waals surface area contributed by atoms with Crippen LogP contribution in [0.4, 0.5) is 10.8 Å². The summed E-state index contributed by atoms with van der Waals surface area (Å²) in [4.78, 5) is 5.80. The Labute approximate surface area is 148 Å². The van der Waals surface area contributed by atoms with E-state index in [-0.39, 0.29) is 0 Å². The molecule has 0 spiro atoms. The molecule has 0 fully saturated rings. The van der Waals surface area contributed by atoms with Gasteiger partial charge in [0.25, 0.3) is 0 Å². The number of anilines is 2. The maximum atomic E-state index is 6.02. The monoisotopic (exact) mass is 364 g/mol. The molecule has 118 valence electrons. The summed E-state index contributed by atoms with van der Waals surface area (Å²) >= 11 is 13.6. The molecule has 1 heterocycles. The molecule has 3 nitrogen and oxygen atoms in total. The summed E-state index contributed by atoms with van der Waals surface area (Å²) in [5, 5.41) is 5.22. The molecule has 0 aliphatic rings. The number of nitrogens with one attached hydrogen (secondary N) is 1. The van der Waals surface area contributed by atoms with Crippen LogP contribution in [0.3, 0.4) is 0 Å². The third-order valence-electron chi connectivity index (χ3n) is 3.27. The Morgan fingerprint density at radius 3 is 2.30 bits per heavy atom. The Hall–Kier alpha value is -1.75. The van der Waals surface area contributed by atoms with E-state index < -0.39 is 0 Å². The van der Waals surface area contributed by atoms with Gasteiger partial charge in [-0.05, 0) is 49.4 Å². The molecule has 6 heteroatoms. The molecule has 0 bridgehead atoms. The van der Waals surface area contributed by atoms with E-state index in [1.807, 2.05) is 43.3 Å². The minimum Gasteiger partial charge on any atom is -0.497 e. The molecule has 0 radical (unpaired) electrons. The third kappa shape index (κ3) is 3.78. The first-order valence-corrected chi connectivity index (χ1v) is 8.47. The van der Waals surface area contributed by atoms with Gasteiger partial charge in [-0.25, -0.2) is 4.98 Å². The van der Waals surface area contributed by atoms with Gasteiger partial charge >= 0.3 is 0 Å². The lowest BCUT2D eigenvalue weighted by molar-refractivity contribution is 0.415. The Balaban J connectivity index is 1.88. The lowest BCUT2D eigenvalue weighted by atomic mass is 10.1. The molecular weight excluding hydrogens is 351 g/mol. The molecule has 0 aliphatic carbocycles. The highest BCUT2D eigenvalue weighted by molar-refractivity contribution is 7.16. The normalized spacial score (nSPS) is 10.6. The first-order valence-electron chi connectivity index (χ1n) is 6.90. The lowest BCUT2D eigenvalue weighted by Crippen LogP contribution is -1.90. The predicted molar refractivity (Wildman–Crippen MR) is 98.6 cm³/mol. The Bertz CT molecular complexity index is 811. The Kier molecular flexibility index (Phi) is 4.76. The van der Waals surface area contributed by atoms with Gasteiger partial charge in [-0.3, -0.25) is 0 Å². The number of aromatic nitrogens is 1. The van der Waals surface area contributed by atoms with E-state index in [1.165, 1.54) is 0 Å². The minimum absolute atomic E-state index is 0.587. The van der Waals surface area contributed by atoms with Crippen LogP contribution in [0, 0.1) is 6.92 Å². The molecule has 0 saturated heterocycles. The van der Waals surface area contributed by atoms with Gasteiger partial charge in [0, 0.05) is 26.2 Å². The molecular formula is C17H14Cl2N2OS. The van der Waals surface area contributed by atoms with Crippen molar-refractivity contribution in [2.45, 2.75) is 6.92 Å². The second-order valence-electron chi connectivity index (χ2n) is 4.94. The minimum atomic E-state index is 0.587. The van der Waals surface area contributed by atoms with Gasteiger partial charge in [-0.15, -0.1) is 11.3 Å². The first kappa shape index (κ1) is 16.1. The van der Waals surface area contributed by atoms with Crippen molar-refractivity contribution >= 4 is 45.4 Å². The molecule has 3 aromatic rings. The highest BCUT2D eigenvalue weighted by Crippen LogP contribution is 2.33. The van der Waals surface area contributed by atoms with Crippen LogP contribution in [0.2, 0.25) is 10.0 Å². The Morgan fingerprint density at radius 1 is 1.04 bits per heavy atom. The summed E-state index contributed by atoms with van der Waals surface area (Å²) in [6.45, 7) is 2.05. The van der Waals surface area contributed by atoms with Gasteiger partial charge in [-0.2, -0.15) is 0 Å². The SMILES string of the molecule is COc1ccc(-c2nc(Nc3cc(Cl)cc(Cl)c3)sc2C)cc1. The van der Waals surface area contributed by atoms with Gasteiger partial charge in [0.05, 0.1) is 12.8 Å². The number of benzene rings is 2. The number of nitrogens with zero attached hydrogens (tertiary/aromatic N) is 1. The summed E-state index contributed by atoms with van der Waals surface area (Å²) < 4.78 is 5.19. The molecule has 1 N–H and O–H groups in total. The van der Waals surface area contributed by atoms with E-state index in [4.69, 9.17) is 27.9 Å². The highest BCUT2D eigenvalue weighted by atomic mass is 35.5. The van der Waals surface area contributed by atoms with E-state index in [0.29, 0.717) is 10.0 Å². The molecule has 2 aromatic carbocycles. The lowest BCUT2D eigenvalue weighted by Gasteiger charge is -2.04. The number of ether oxygens (including phenoxy) is 1. The van der Waals surface area contributed by atoms with Crippen LogP contribution in [-0.2, 0) is 0 Å². The number of methoxy groups -OCH3 is 1. The zero-order valence-electron chi connectivity index (χ0n) is 12.6. The fourth-order valence-corrected chi connectivity index (χ4v) is 3.60. The fourth-order valence-electron chi connectivity index (χ4n) is 2.22. The molecule has 0 atom stereocenters. The summed E-state index contributed by atoms with van der Waals surface area (Å²) in [6, 6.07) is 13.2. The van der Waals surface area contributed by atoms with Crippen LogP contribution in [0.25, 0.3) is 11.3 Å². The van der Waals surface area contributed by atoms with E-state index >= 15 is 0 Å². The van der Waals surface area contributed by atoms with Crippen molar-refractivity contribution in [2.24, 2.45) is 0 Å². The topological polar surface area (TPSA) is 34.1 Å². The largest absolute Gasteiger partial charge is 0.497 e. The van der Waals surface area contributed by atoms with Crippen LogP contribution in [0.5, 0.6) is 5.75 Å². The number of hydrogen-bond donors (Lipinski definition) is 1. The average molecular weight is 365 g/mol. The van der Waals surface area contributed by atoms with Crippen LogP contribution in [0.15, 0.2) is 42.5 Å². The standard InChI is InChI=1S/C17H14Cl2N2OS/c1-10-16(11-3-5-15(22-2)6-4-11)21-17(23-10)20-14-8-12(18)7-13(19)9-14/h3-9H,1-2H3,(H,20,21). The average Bonchev–Trinajstić information content (AvgIpc) is 2.87. The highest BCUT2D eigenvalue weighted by Gasteiger charge is 2.10. The van der Waals surface area contributed by atoms with Crippen molar-refractivity contribution in [1.82, 2.24) is 4.98 Å². The molecule has 1 aromatic heterocycles. The van der Waals surface area contributed by atoms with Crippen molar-refractivity contribution in [2.75, 3.05) is 12.4 Å². The molecule has 0 amide bonds.